The molecule has 0 aliphatic rings. The molecule has 0 aliphatic heterocycles. The molecule has 0 saturated carbocycles. The zero-order valence-electron chi connectivity index (χ0n) is 17.9. The molecule has 4 aromatic rings. The van der Waals surface area contributed by atoms with E-state index in [1.807, 2.05) is 78.9 Å². The van der Waals surface area contributed by atoms with E-state index in [1.54, 1.807) is 11.8 Å². The second-order valence-corrected chi connectivity index (χ2v) is 8.47. The maximum absolute atomic E-state index is 12.3. The molecule has 5 nitrogen and oxygen atoms in total. The zero-order valence-corrected chi connectivity index (χ0v) is 18.8. The summed E-state index contributed by atoms with van der Waals surface area (Å²) in [4.78, 5) is 17.1. The summed E-state index contributed by atoms with van der Waals surface area (Å²) in [6.45, 7) is 1.93. The van der Waals surface area contributed by atoms with Gasteiger partial charge in [-0.25, -0.2) is 4.98 Å². The molecule has 1 heterocycles. The molecule has 0 fully saturated rings. The summed E-state index contributed by atoms with van der Waals surface area (Å²) in [6.07, 6.45) is 1.25. The minimum atomic E-state index is 0.0729. The Morgan fingerprint density at radius 2 is 1.66 bits per heavy atom. The number of aromatic nitrogens is 2. The second-order valence-electron chi connectivity index (χ2n) is 7.41. The Labute approximate surface area is 192 Å². The first kappa shape index (κ1) is 22.0. The molecule has 3 aromatic carbocycles. The van der Waals surface area contributed by atoms with Gasteiger partial charge in [0.2, 0.25) is 5.91 Å². The van der Waals surface area contributed by atoms with Crippen LogP contribution in [0.15, 0.2) is 90.1 Å². The molecular weight excluding hydrogens is 418 g/mol. The summed E-state index contributed by atoms with van der Waals surface area (Å²) in [6, 6.07) is 28.0. The average molecular weight is 446 g/mol. The molecular formula is C26H27N3O2S. The Morgan fingerprint density at radius 1 is 0.938 bits per heavy atom. The van der Waals surface area contributed by atoms with Crippen LogP contribution in [-0.4, -0.2) is 27.8 Å². The molecule has 164 valence electrons. The number of hydrogen-bond donors (Lipinski definition) is 1. The van der Waals surface area contributed by atoms with Crippen LogP contribution in [0.1, 0.15) is 18.4 Å². The maximum Gasteiger partial charge on any atom is 0.220 e. The monoisotopic (exact) mass is 445 g/mol. The minimum absolute atomic E-state index is 0.0729. The predicted octanol–water partition coefficient (Wildman–Crippen LogP) is 5.30. The Bertz CT molecular complexity index is 1130. The highest BCUT2D eigenvalue weighted by Gasteiger charge is 2.12. The third kappa shape index (κ3) is 6.14. The number of carbonyl (C=O) groups excluding carboxylic acids is 1. The molecule has 1 N–H and O–H groups in total. The van der Waals surface area contributed by atoms with E-state index in [4.69, 9.17) is 9.72 Å². The molecule has 6 heteroatoms. The van der Waals surface area contributed by atoms with E-state index in [2.05, 4.69) is 16.0 Å². The number of para-hydroxylation sites is 3. The number of thioether (sulfide) groups is 1. The van der Waals surface area contributed by atoms with Gasteiger partial charge in [0.1, 0.15) is 5.75 Å². The number of fused-ring (bicyclic) bond motifs is 1. The number of rotatable bonds is 11. The van der Waals surface area contributed by atoms with Crippen LogP contribution < -0.4 is 10.1 Å². The van der Waals surface area contributed by atoms with E-state index in [9.17, 15) is 4.79 Å². The smallest absolute Gasteiger partial charge is 0.220 e. The van der Waals surface area contributed by atoms with Crippen molar-refractivity contribution in [1.29, 1.82) is 0 Å². The maximum atomic E-state index is 12.3. The Morgan fingerprint density at radius 3 is 2.47 bits per heavy atom. The SMILES string of the molecule is O=C(CCCn1c(SCCOc2ccccc2)nc2ccccc21)NCc1ccccc1. The summed E-state index contributed by atoms with van der Waals surface area (Å²) in [5.41, 5.74) is 3.19. The van der Waals surface area contributed by atoms with Gasteiger partial charge in [0.05, 0.1) is 17.6 Å². The highest BCUT2D eigenvalue weighted by molar-refractivity contribution is 7.99. The number of ether oxygens (including phenoxy) is 1. The van der Waals surface area contributed by atoms with Crippen LogP contribution in [0.25, 0.3) is 11.0 Å². The average Bonchev–Trinajstić information content (AvgIpc) is 3.19. The van der Waals surface area contributed by atoms with Crippen molar-refractivity contribution < 1.29 is 9.53 Å². The van der Waals surface area contributed by atoms with E-state index >= 15 is 0 Å². The van der Waals surface area contributed by atoms with Gasteiger partial charge in [0, 0.05) is 25.3 Å². The van der Waals surface area contributed by atoms with E-state index in [0.29, 0.717) is 19.6 Å². The fourth-order valence-corrected chi connectivity index (χ4v) is 4.33. The Balaban J connectivity index is 1.30. The Hall–Kier alpha value is -3.25. The zero-order chi connectivity index (χ0) is 22.0. The van der Waals surface area contributed by atoms with Gasteiger partial charge in [0.25, 0.3) is 0 Å². The normalized spacial score (nSPS) is 10.9. The first-order chi connectivity index (χ1) is 15.8. The molecule has 0 spiro atoms. The van der Waals surface area contributed by atoms with E-state index in [1.165, 1.54) is 0 Å². The fraction of sp³-hybridized carbons (Fsp3) is 0.231. The molecule has 0 saturated heterocycles. The summed E-state index contributed by atoms with van der Waals surface area (Å²) in [7, 11) is 0. The standard InChI is InChI=1S/C26H27N3O2S/c30-25(27-20-21-10-3-1-4-11-21)16-9-17-29-24-15-8-7-14-23(24)28-26(29)32-19-18-31-22-12-5-2-6-13-22/h1-8,10-15H,9,16-20H2,(H,27,30). The molecule has 0 unspecified atom stereocenters. The fourth-order valence-electron chi connectivity index (χ4n) is 3.47. The van der Waals surface area contributed by atoms with Gasteiger partial charge in [-0.1, -0.05) is 72.4 Å². The number of aryl methyl sites for hydroxylation is 1. The van der Waals surface area contributed by atoms with Crippen LogP contribution in [0.5, 0.6) is 5.75 Å². The van der Waals surface area contributed by atoms with Crippen LogP contribution in [-0.2, 0) is 17.9 Å². The van der Waals surface area contributed by atoms with Gasteiger partial charge in [-0.15, -0.1) is 0 Å². The van der Waals surface area contributed by atoms with Crippen molar-refractivity contribution in [3.63, 3.8) is 0 Å². The van der Waals surface area contributed by atoms with Gasteiger partial charge in [-0.2, -0.15) is 0 Å². The topological polar surface area (TPSA) is 56.2 Å². The molecule has 0 aliphatic carbocycles. The highest BCUT2D eigenvalue weighted by Crippen LogP contribution is 2.25. The number of nitrogens with zero attached hydrogens (tertiary/aromatic N) is 2. The van der Waals surface area contributed by atoms with Gasteiger partial charge in [-0.3, -0.25) is 4.79 Å². The third-order valence-corrected chi connectivity index (χ3v) is 6.00. The van der Waals surface area contributed by atoms with E-state index < -0.39 is 0 Å². The van der Waals surface area contributed by atoms with Crippen molar-refractivity contribution >= 4 is 28.7 Å². The summed E-state index contributed by atoms with van der Waals surface area (Å²) in [5, 5.41) is 3.97. The molecule has 0 bridgehead atoms. The number of hydrogen-bond acceptors (Lipinski definition) is 4. The number of imidazole rings is 1. The largest absolute Gasteiger partial charge is 0.493 e. The van der Waals surface area contributed by atoms with Crippen LogP contribution in [0.2, 0.25) is 0 Å². The highest BCUT2D eigenvalue weighted by atomic mass is 32.2. The van der Waals surface area contributed by atoms with Crippen LogP contribution in [0, 0.1) is 0 Å². The number of amides is 1. The van der Waals surface area contributed by atoms with Crippen molar-refractivity contribution in [2.24, 2.45) is 0 Å². The lowest BCUT2D eigenvalue weighted by molar-refractivity contribution is -0.121. The van der Waals surface area contributed by atoms with Gasteiger partial charge in [0.15, 0.2) is 5.16 Å². The van der Waals surface area contributed by atoms with Crippen molar-refractivity contribution in [3.8, 4) is 5.75 Å². The van der Waals surface area contributed by atoms with Crippen LogP contribution >= 0.6 is 11.8 Å². The molecule has 1 aromatic heterocycles. The molecule has 1 amide bonds. The molecule has 0 atom stereocenters. The van der Waals surface area contributed by atoms with E-state index in [0.717, 1.165) is 46.2 Å². The van der Waals surface area contributed by atoms with Crippen LogP contribution in [0.4, 0.5) is 0 Å². The van der Waals surface area contributed by atoms with Gasteiger partial charge >= 0.3 is 0 Å². The van der Waals surface area contributed by atoms with E-state index in [-0.39, 0.29) is 5.91 Å². The van der Waals surface area contributed by atoms with Crippen LogP contribution in [0.3, 0.4) is 0 Å². The number of benzene rings is 3. The van der Waals surface area contributed by atoms with Gasteiger partial charge < -0.3 is 14.6 Å². The lowest BCUT2D eigenvalue weighted by Gasteiger charge is -2.10. The molecule has 0 radical (unpaired) electrons. The van der Waals surface area contributed by atoms with Crippen molar-refractivity contribution in [3.05, 3.63) is 90.5 Å². The van der Waals surface area contributed by atoms with Crippen molar-refractivity contribution in [1.82, 2.24) is 14.9 Å². The lowest BCUT2D eigenvalue weighted by Crippen LogP contribution is -2.22. The Kier molecular flexibility index (Phi) is 7.82. The first-order valence-corrected chi connectivity index (χ1v) is 11.8. The third-order valence-electron chi connectivity index (χ3n) is 5.06. The van der Waals surface area contributed by atoms with Gasteiger partial charge in [-0.05, 0) is 36.2 Å². The summed E-state index contributed by atoms with van der Waals surface area (Å²) >= 11 is 1.68. The summed E-state index contributed by atoms with van der Waals surface area (Å²) in [5.74, 6) is 1.75. The quantitative estimate of drug-likeness (QED) is 0.251. The minimum Gasteiger partial charge on any atom is -0.493 e. The molecule has 32 heavy (non-hydrogen) atoms. The van der Waals surface area contributed by atoms with Crippen molar-refractivity contribution in [2.45, 2.75) is 31.1 Å². The number of nitrogens with one attached hydrogen (secondary N) is 1. The second kappa shape index (κ2) is 11.4. The first-order valence-electron chi connectivity index (χ1n) is 10.9. The summed E-state index contributed by atoms with van der Waals surface area (Å²) < 4.78 is 8.02. The van der Waals surface area contributed by atoms with Crippen molar-refractivity contribution in [2.75, 3.05) is 12.4 Å². The predicted molar refractivity (Wildman–Crippen MR) is 130 cm³/mol. The molecule has 4 rings (SSSR count). The number of carbonyl (C=O) groups is 1. The lowest BCUT2D eigenvalue weighted by atomic mass is 10.2.